The topological polar surface area (TPSA) is 61.5 Å². The number of halogens is 3. The summed E-state index contributed by atoms with van der Waals surface area (Å²) < 4.78 is 45.1. The first-order valence-corrected chi connectivity index (χ1v) is 5.36. The molecule has 0 radical (unpaired) electrons. The number of ether oxygens (including phenoxy) is 2. The molecule has 0 atom stereocenters. The molecule has 0 saturated carbocycles. The fourth-order valence-electron chi connectivity index (χ4n) is 1.21. The fourth-order valence-corrected chi connectivity index (χ4v) is 1.21. The van der Waals surface area contributed by atoms with Gasteiger partial charge in [-0.3, -0.25) is 0 Å². The summed E-state index contributed by atoms with van der Waals surface area (Å²) >= 11 is 0. The lowest BCUT2D eigenvalue weighted by Gasteiger charge is -2.20. The average molecular weight is 277 g/mol. The number of benzene rings is 1. The smallest absolute Gasteiger partial charge is 0.456 e. The molecule has 19 heavy (non-hydrogen) atoms. The maximum Gasteiger partial charge on any atom is 0.573 e. The lowest BCUT2D eigenvalue weighted by Crippen LogP contribution is -2.24. The van der Waals surface area contributed by atoms with Crippen molar-refractivity contribution in [1.29, 1.82) is 0 Å². The minimum atomic E-state index is -4.87. The molecule has 2 N–H and O–H groups in total. The number of nitrogen functional groups attached to an aromatic ring is 1. The maximum absolute atomic E-state index is 12.1. The van der Waals surface area contributed by atoms with Crippen LogP contribution in [0.2, 0.25) is 0 Å². The maximum atomic E-state index is 12.1. The van der Waals surface area contributed by atoms with Gasteiger partial charge in [-0.1, -0.05) is 0 Å². The third-order valence-corrected chi connectivity index (χ3v) is 1.87. The first kappa shape index (κ1) is 15.1. The summed E-state index contributed by atoms with van der Waals surface area (Å²) in [6.07, 6.45) is -4.87. The van der Waals surface area contributed by atoms with Gasteiger partial charge in [0, 0.05) is 0 Å². The number of nitrogens with two attached hydrogens (primary N) is 1. The van der Waals surface area contributed by atoms with E-state index in [-0.39, 0.29) is 11.3 Å². The normalized spacial score (nSPS) is 12.1. The number of esters is 1. The van der Waals surface area contributed by atoms with E-state index < -0.39 is 23.7 Å². The fraction of sp³-hybridized carbons (Fsp3) is 0.417. The molecule has 0 spiro atoms. The molecular weight excluding hydrogens is 263 g/mol. The number of alkyl halides is 3. The zero-order valence-corrected chi connectivity index (χ0v) is 10.7. The van der Waals surface area contributed by atoms with Gasteiger partial charge in [-0.15, -0.1) is 13.2 Å². The molecular formula is C12H14F3NO3. The van der Waals surface area contributed by atoms with Gasteiger partial charge in [0.2, 0.25) is 0 Å². The van der Waals surface area contributed by atoms with E-state index in [0.29, 0.717) is 0 Å². The second kappa shape index (κ2) is 4.99. The molecule has 0 aliphatic carbocycles. The predicted octanol–water partition coefficient (Wildman–Crippen LogP) is 3.12. The highest BCUT2D eigenvalue weighted by Crippen LogP contribution is 2.29. The zero-order chi connectivity index (χ0) is 14.8. The number of carbonyl (C=O) groups excluding carboxylic acids is 1. The summed E-state index contributed by atoms with van der Waals surface area (Å²) in [5.41, 5.74) is 4.32. The molecule has 4 nitrogen and oxygen atoms in total. The van der Waals surface area contributed by atoms with Crippen molar-refractivity contribution in [3.8, 4) is 5.75 Å². The van der Waals surface area contributed by atoms with Gasteiger partial charge in [0.1, 0.15) is 5.60 Å². The van der Waals surface area contributed by atoms with Crippen molar-refractivity contribution in [2.24, 2.45) is 0 Å². The number of rotatable bonds is 2. The molecule has 0 amide bonds. The van der Waals surface area contributed by atoms with Crippen LogP contribution in [0.25, 0.3) is 0 Å². The van der Waals surface area contributed by atoms with Gasteiger partial charge >= 0.3 is 12.3 Å². The predicted molar refractivity (Wildman–Crippen MR) is 62.7 cm³/mol. The summed E-state index contributed by atoms with van der Waals surface area (Å²) in [5, 5.41) is 0. The van der Waals surface area contributed by atoms with E-state index in [4.69, 9.17) is 10.5 Å². The van der Waals surface area contributed by atoms with Crippen molar-refractivity contribution < 1.29 is 27.4 Å². The van der Waals surface area contributed by atoms with Crippen LogP contribution in [0, 0.1) is 0 Å². The van der Waals surface area contributed by atoms with Crippen LogP contribution in [-0.4, -0.2) is 17.9 Å². The number of carbonyl (C=O) groups is 1. The minimum absolute atomic E-state index is 0.0663. The lowest BCUT2D eigenvalue weighted by molar-refractivity contribution is -0.274. The summed E-state index contributed by atoms with van der Waals surface area (Å²) in [6, 6.07) is 3.32. The summed E-state index contributed by atoms with van der Waals surface area (Å²) in [4.78, 5) is 11.7. The molecule has 106 valence electrons. The van der Waals surface area contributed by atoms with Gasteiger partial charge in [0.05, 0.1) is 11.3 Å². The van der Waals surface area contributed by atoms with Crippen LogP contribution in [0.1, 0.15) is 31.1 Å². The molecule has 7 heteroatoms. The van der Waals surface area contributed by atoms with Crippen molar-refractivity contribution in [2.75, 3.05) is 5.73 Å². The Kier molecular flexibility index (Phi) is 3.97. The Labute approximate surface area is 108 Å². The van der Waals surface area contributed by atoms with E-state index in [0.717, 1.165) is 12.1 Å². The Balaban J connectivity index is 2.99. The molecule has 1 aromatic carbocycles. The Bertz CT molecular complexity index is 478. The molecule has 0 fully saturated rings. The van der Waals surface area contributed by atoms with E-state index in [1.54, 1.807) is 20.8 Å². The summed E-state index contributed by atoms with van der Waals surface area (Å²) in [6.45, 7) is 4.94. The van der Waals surface area contributed by atoms with Crippen LogP contribution in [-0.2, 0) is 4.74 Å². The molecule has 0 aromatic heterocycles. The van der Waals surface area contributed by atoms with Gasteiger partial charge in [-0.25, -0.2) is 4.79 Å². The third kappa shape index (κ3) is 5.07. The first-order chi connectivity index (χ1) is 8.48. The van der Waals surface area contributed by atoms with Gasteiger partial charge in [0.25, 0.3) is 0 Å². The Hall–Kier alpha value is -1.92. The van der Waals surface area contributed by atoms with Crippen molar-refractivity contribution in [2.45, 2.75) is 32.7 Å². The van der Waals surface area contributed by atoms with Crippen molar-refractivity contribution >= 4 is 11.7 Å². The largest absolute Gasteiger partial charge is 0.573 e. The molecule has 0 aliphatic heterocycles. The van der Waals surface area contributed by atoms with E-state index in [9.17, 15) is 18.0 Å². The van der Waals surface area contributed by atoms with E-state index in [2.05, 4.69) is 4.74 Å². The number of hydrogen-bond acceptors (Lipinski definition) is 4. The Morgan fingerprint density at radius 3 is 2.26 bits per heavy atom. The van der Waals surface area contributed by atoms with Crippen LogP contribution in [0.3, 0.4) is 0 Å². The van der Waals surface area contributed by atoms with Crippen LogP contribution in [0.15, 0.2) is 18.2 Å². The Morgan fingerprint density at radius 2 is 1.79 bits per heavy atom. The second-order valence-electron chi connectivity index (χ2n) is 4.80. The van der Waals surface area contributed by atoms with Gasteiger partial charge in [-0.2, -0.15) is 0 Å². The number of hydrogen-bond donors (Lipinski definition) is 1. The highest BCUT2D eigenvalue weighted by molar-refractivity contribution is 5.91. The first-order valence-electron chi connectivity index (χ1n) is 5.36. The van der Waals surface area contributed by atoms with Crippen molar-refractivity contribution in [3.05, 3.63) is 23.8 Å². The van der Waals surface area contributed by atoms with Crippen LogP contribution in [0.4, 0.5) is 18.9 Å². The summed E-state index contributed by atoms with van der Waals surface area (Å²) in [5.74, 6) is -1.38. The second-order valence-corrected chi connectivity index (χ2v) is 4.80. The average Bonchev–Trinajstić information content (AvgIpc) is 2.16. The van der Waals surface area contributed by atoms with Crippen LogP contribution < -0.4 is 10.5 Å². The van der Waals surface area contributed by atoms with Gasteiger partial charge in [-0.05, 0) is 39.0 Å². The lowest BCUT2D eigenvalue weighted by atomic mass is 10.1. The summed E-state index contributed by atoms with van der Waals surface area (Å²) in [7, 11) is 0. The molecule has 1 rings (SSSR count). The molecule has 0 saturated heterocycles. The monoisotopic (exact) mass is 277 g/mol. The number of anilines is 1. The zero-order valence-electron chi connectivity index (χ0n) is 10.7. The molecule has 1 aromatic rings. The van der Waals surface area contributed by atoms with Crippen molar-refractivity contribution in [3.63, 3.8) is 0 Å². The highest BCUT2D eigenvalue weighted by Gasteiger charge is 2.32. The molecule has 0 bridgehead atoms. The van der Waals surface area contributed by atoms with Gasteiger partial charge < -0.3 is 15.2 Å². The van der Waals surface area contributed by atoms with Crippen LogP contribution in [0.5, 0.6) is 5.75 Å². The van der Waals surface area contributed by atoms with Crippen LogP contribution >= 0.6 is 0 Å². The van der Waals surface area contributed by atoms with Crippen molar-refractivity contribution in [1.82, 2.24) is 0 Å². The van der Waals surface area contributed by atoms with E-state index in [1.807, 2.05) is 0 Å². The van der Waals surface area contributed by atoms with E-state index >= 15 is 0 Å². The molecule has 0 unspecified atom stereocenters. The quantitative estimate of drug-likeness (QED) is 0.666. The third-order valence-electron chi connectivity index (χ3n) is 1.87. The minimum Gasteiger partial charge on any atom is -0.456 e. The van der Waals surface area contributed by atoms with Gasteiger partial charge in [0.15, 0.2) is 5.75 Å². The standard InChI is InChI=1S/C12H14F3NO3/c1-11(2,3)19-10(17)7-4-5-8(16)9(6-7)18-12(13,14)15/h4-6H,16H2,1-3H3. The SMILES string of the molecule is CC(C)(C)OC(=O)c1ccc(N)c(OC(F)(F)F)c1. The Morgan fingerprint density at radius 1 is 1.21 bits per heavy atom. The highest BCUT2D eigenvalue weighted by atomic mass is 19.4. The molecule has 0 aliphatic rings. The molecule has 0 heterocycles. The van der Waals surface area contributed by atoms with E-state index in [1.165, 1.54) is 6.07 Å².